The minimum Gasteiger partial charge on any atom is -0.478 e. The van der Waals surface area contributed by atoms with Gasteiger partial charge >= 0.3 is 5.97 Å². The first-order valence-electron chi connectivity index (χ1n) is 8.43. The van der Waals surface area contributed by atoms with Gasteiger partial charge in [0.2, 0.25) is 5.91 Å². The smallest absolute Gasteiger partial charge is 0.335 e. The summed E-state index contributed by atoms with van der Waals surface area (Å²) in [5, 5.41) is 12.0. The quantitative estimate of drug-likeness (QED) is 0.782. The largest absolute Gasteiger partial charge is 0.478 e. The van der Waals surface area contributed by atoms with Crippen molar-refractivity contribution in [3.05, 3.63) is 35.4 Å². The number of amides is 2. The van der Waals surface area contributed by atoms with Crippen LogP contribution in [0.15, 0.2) is 24.3 Å². The third kappa shape index (κ3) is 4.57. The normalized spacial score (nSPS) is 15.1. The molecular formula is C18H24N2O4. The third-order valence-electron chi connectivity index (χ3n) is 4.34. The van der Waals surface area contributed by atoms with E-state index in [9.17, 15) is 14.4 Å². The molecular weight excluding hydrogens is 308 g/mol. The van der Waals surface area contributed by atoms with E-state index in [2.05, 4.69) is 12.2 Å². The molecule has 1 heterocycles. The van der Waals surface area contributed by atoms with Crippen molar-refractivity contribution in [2.75, 3.05) is 19.6 Å². The van der Waals surface area contributed by atoms with E-state index >= 15 is 0 Å². The van der Waals surface area contributed by atoms with Crippen LogP contribution in [0.5, 0.6) is 0 Å². The molecule has 6 heteroatoms. The van der Waals surface area contributed by atoms with E-state index < -0.39 is 5.97 Å². The Bertz CT molecular complexity index is 607. The molecule has 0 bridgehead atoms. The molecule has 0 radical (unpaired) electrons. The molecule has 0 saturated carbocycles. The summed E-state index contributed by atoms with van der Waals surface area (Å²) in [7, 11) is 0. The number of hydrogen-bond donors (Lipinski definition) is 2. The van der Waals surface area contributed by atoms with Gasteiger partial charge in [0.05, 0.1) is 5.56 Å². The fourth-order valence-corrected chi connectivity index (χ4v) is 2.85. The number of carboxylic acid groups (broad SMARTS) is 1. The SMILES string of the molecule is CCCCNC(=O)C1CCN(C(=O)c2cccc(C(=O)O)c2)CC1. The maximum Gasteiger partial charge on any atom is 0.335 e. The summed E-state index contributed by atoms with van der Waals surface area (Å²) in [5.74, 6) is -1.20. The second-order valence-corrected chi connectivity index (χ2v) is 6.10. The van der Waals surface area contributed by atoms with Crippen molar-refractivity contribution in [1.29, 1.82) is 0 Å². The summed E-state index contributed by atoms with van der Waals surface area (Å²) in [6.07, 6.45) is 3.30. The monoisotopic (exact) mass is 332 g/mol. The van der Waals surface area contributed by atoms with E-state index in [0.717, 1.165) is 12.8 Å². The van der Waals surface area contributed by atoms with Gasteiger partial charge in [0.1, 0.15) is 0 Å². The number of unbranched alkanes of at least 4 members (excludes halogenated alkanes) is 1. The highest BCUT2D eigenvalue weighted by molar-refractivity contribution is 5.97. The molecule has 0 unspecified atom stereocenters. The molecule has 1 aliphatic rings. The average Bonchev–Trinajstić information content (AvgIpc) is 2.61. The van der Waals surface area contributed by atoms with Crippen molar-refractivity contribution in [2.45, 2.75) is 32.6 Å². The molecule has 0 spiro atoms. The number of aromatic carboxylic acids is 1. The maximum absolute atomic E-state index is 12.5. The zero-order valence-corrected chi connectivity index (χ0v) is 14.0. The van der Waals surface area contributed by atoms with E-state index in [-0.39, 0.29) is 23.3 Å². The van der Waals surface area contributed by atoms with Gasteiger partial charge in [-0.2, -0.15) is 0 Å². The number of nitrogens with zero attached hydrogens (tertiary/aromatic N) is 1. The molecule has 1 saturated heterocycles. The molecule has 1 aromatic rings. The van der Waals surface area contributed by atoms with E-state index in [4.69, 9.17) is 5.11 Å². The summed E-state index contributed by atoms with van der Waals surface area (Å²) in [6.45, 7) is 3.82. The topological polar surface area (TPSA) is 86.7 Å². The van der Waals surface area contributed by atoms with Gasteiger partial charge in [-0.05, 0) is 37.5 Å². The Hall–Kier alpha value is -2.37. The first-order valence-corrected chi connectivity index (χ1v) is 8.43. The van der Waals surface area contributed by atoms with Crippen molar-refractivity contribution in [3.8, 4) is 0 Å². The Kier molecular flexibility index (Phi) is 6.35. The Balaban J connectivity index is 1.90. The zero-order chi connectivity index (χ0) is 17.5. The van der Waals surface area contributed by atoms with E-state index in [0.29, 0.717) is 38.0 Å². The Morgan fingerprint density at radius 1 is 1.21 bits per heavy atom. The lowest BCUT2D eigenvalue weighted by Gasteiger charge is -2.31. The fraction of sp³-hybridized carbons (Fsp3) is 0.500. The van der Waals surface area contributed by atoms with Gasteiger partial charge in [0, 0.05) is 31.1 Å². The second-order valence-electron chi connectivity index (χ2n) is 6.10. The van der Waals surface area contributed by atoms with Crippen LogP contribution in [0.25, 0.3) is 0 Å². The Morgan fingerprint density at radius 2 is 1.88 bits per heavy atom. The average molecular weight is 332 g/mol. The molecule has 2 N–H and O–H groups in total. The van der Waals surface area contributed by atoms with Crippen LogP contribution in [-0.2, 0) is 4.79 Å². The Labute approximate surface area is 141 Å². The van der Waals surface area contributed by atoms with Crippen LogP contribution in [0.3, 0.4) is 0 Å². The van der Waals surface area contributed by atoms with Gasteiger partial charge in [-0.1, -0.05) is 19.4 Å². The standard InChI is InChI=1S/C18H24N2O4/c1-2-3-9-19-16(21)13-7-10-20(11-8-13)17(22)14-5-4-6-15(12-14)18(23)24/h4-6,12-13H,2-3,7-11H2,1H3,(H,19,21)(H,23,24). The number of hydrogen-bond acceptors (Lipinski definition) is 3. The number of carbonyl (C=O) groups is 3. The molecule has 2 rings (SSSR count). The van der Waals surface area contributed by atoms with Crippen LogP contribution < -0.4 is 5.32 Å². The highest BCUT2D eigenvalue weighted by atomic mass is 16.4. The summed E-state index contributed by atoms with van der Waals surface area (Å²) >= 11 is 0. The minimum atomic E-state index is -1.05. The molecule has 0 aliphatic carbocycles. The summed E-state index contributed by atoms with van der Waals surface area (Å²) in [5.41, 5.74) is 0.479. The van der Waals surface area contributed by atoms with Crippen molar-refractivity contribution < 1.29 is 19.5 Å². The van der Waals surface area contributed by atoms with Crippen LogP contribution in [0.1, 0.15) is 53.3 Å². The molecule has 6 nitrogen and oxygen atoms in total. The van der Waals surface area contributed by atoms with Gasteiger partial charge in [0.15, 0.2) is 0 Å². The number of carbonyl (C=O) groups excluding carboxylic acids is 2. The molecule has 1 fully saturated rings. The summed E-state index contributed by atoms with van der Waals surface area (Å²) < 4.78 is 0. The van der Waals surface area contributed by atoms with Crippen molar-refractivity contribution in [1.82, 2.24) is 10.2 Å². The van der Waals surface area contributed by atoms with Gasteiger partial charge < -0.3 is 15.3 Å². The first kappa shape index (κ1) is 18.0. The van der Waals surface area contributed by atoms with E-state index in [1.54, 1.807) is 17.0 Å². The number of carboxylic acids is 1. The van der Waals surface area contributed by atoms with Crippen molar-refractivity contribution in [3.63, 3.8) is 0 Å². The highest BCUT2D eigenvalue weighted by Gasteiger charge is 2.27. The summed E-state index contributed by atoms with van der Waals surface area (Å²) in [4.78, 5) is 37.3. The number of likely N-dealkylation sites (tertiary alicyclic amines) is 1. The summed E-state index contributed by atoms with van der Waals surface area (Å²) in [6, 6.07) is 6.06. The molecule has 24 heavy (non-hydrogen) atoms. The molecule has 2 amide bonds. The lowest BCUT2D eigenvalue weighted by atomic mass is 9.95. The second kappa shape index (κ2) is 8.47. The predicted octanol–water partition coefficient (Wildman–Crippen LogP) is 2.15. The van der Waals surface area contributed by atoms with Crippen LogP contribution in [0.4, 0.5) is 0 Å². The van der Waals surface area contributed by atoms with Crippen LogP contribution >= 0.6 is 0 Å². The number of piperidine rings is 1. The molecule has 130 valence electrons. The van der Waals surface area contributed by atoms with E-state index in [1.165, 1.54) is 12.1 Å². The molecule has 1 aliphatic heterocycles. The minimum absolute atomic E-state index is 0.0451. The highest BCUT2D eigenvalue weighted by Crippen LogP contribution is 2.19. The zero-order valence-electron chi connectivity index (χ0n) is 14.0. The van der Waals surface area contributed by atoms with Crippen molar-refractivity contribution in [2.24, 2.45) is 5.92 Å². The van der Waals surface area contributed by atoms with Crippen LogP contribution in [-0.4, -0.2) is 47.4 Å². The third-order valence-corrected chi connectivity index (χ3v) is 4.34. The molecule has 1 aromatic carbocycles. The van der Waals surface area contributed by atoms with Crippen LogP contribution in [0, 0.1) is 5.92 Å². The predicted molar refractivity (Wildman–Crippen MR) is 89.9 cm³/mol. The number of rotatable bonds is 6. The maximum atomic E-state index is 12.5. The van der Waals surface area contributed by atoms with Gasteiger partial charge in [-0.3, -0.25) is 9.59 Å². The lowest BCUT2D eigenvalue weighted by molar-refractivity contribution is -0.126. The van der Waals surface area contributed by atoms with Gasteiger partial charge in [-0.15, -0.1) is 0 Å². The Morgan fingerprint density at radius 3 is 2.50 bits per heavy atom. The number of benzene rings is 1. The lowest BCUT2D eigenvalue weighted by Crippen LogP contribution is -2.43. The first-order chi connectivity index (χ1) is 11.5. The number of nitrogens with one attached hydrogen (secondary N) is 1. The molecule has 0 aromatic heterocycles. The van der Waals surface area contributed by atoms with Crippen molar-refractivity contribution >= 4 is 17.8 Å². The van der Waals surface area contributed by atoms with Gasteiger partial charge in [0.25, 0.3) is 5.91 Å². The fourth-order valence-electron chi connectivity index (χ4n) is 2.85. The van der Waals surface area contributed by atoms with Gasteiger partial charge in [-0.25, -0.2) is 4.79 Å². The molecule has 0 atom stereocenters. The van der Waals surface area contributed by atoms with Crippen LogP contribution in [0.2, 0.25) is 0 Å². The van der Waals surface area contributed by atoms with E-state index in [1.807, 2.05) is 0 Å².